The second-order valence-corrected chi connectivity index (χ2v) is 3.02. The fourth-order valence-corrected chi connectivity index (χ4v) is 1.09. The van der Waals surface area contributed by atoms with E-state index in [1.165, 1.54) is 6.20 Å². The van der Waals surface area contributed by atoms with Crippen LogP contribution in [0.3, 0.4) is 0 Å². The molecule has 0 aromatic carbocycles. The number of pyridine rings is 1. The maximum Gasteiger partial charge on any atom is 0.320 e. The predicted octanol–water partition coefficient (Wildman–Crippen LogP) is 0.689. The molecule has 0 aliphatic carbocycles. The van der Waals surface area contributed by atoms with E-state index in [0.717, 1.165) is 0 Å². The molecule has 4 nitrogen and oxygen atoms in total. The molecule has 3 N–H and O–H groups in total. The number of halogens is 1. The minimum absolute atomic E-state index is 0.219. The number of aromatic nitrogens is 1. The van der Waals surface area contributed by atoms with Crippen LogP contribution in [0.15, 0.2) is 18.5 Å². The Hall–Kier alpha value is -1.13. The van der Waals surface area contributed by atoms with E-state index < -0.39 is 12.0 Å². The van der Waals surface area contributed by atoms with Gasteiger partial charge in [0.1, 0.15) is 6.04 Å². The third kappa shape index (κ3) is 2.68. The largest absolute Gasteiger partial charge is 0.480 e. The van der Waals surface area contributed by atoms with Gasteiger partial charge in [-0.15, -0.1) is 0 Å². The van der Waals surface area contributed by atoms with E-state index in [1.807, 2.05) is 0 Å². The Morgan fingerprint density at radius 2 is 2.46 bits per heavy atom. The lowest BCUT2D eigenvalue weighted by molar-refractivity contribution is -0.138. The summed E-state index contributed by atoms with van der Waals surface area (Å²) in [5.74, 6) is -1.03. The van der Waals surface area contributed by atoms with Gasteiger partial charge in [-0.05, 0) is 18.1 Å². The zero-order chi connectivity index (χ0) is 9.84. The van der Waals surface area contributed by atoms with E-state index in [4.69, 9.17) is 22.4 Å². The Labute approximate surface area is 80.3 Å². The van der Waals surface area contributed by atoms with Crippen molar-refractivity contribution in [2.24, 2.45) is 5.73 Å². The molecule has 0 amide bonds. The molecule has 70 valence electrons. The lowest BCUT2D eigenvalue weighted by Crippen LogP contribution is -2.32. The maximum atomic E-state index is 10.4. The maximum absolute atomic E-state index is 10.4. The quantitative estimate of drug-likeness (QED) is 0.753. The van der Waals surface area contributed by atoms with E-state index in [-0.39, 0.29) is 6.42 Å². The van der Waals surface area contributed by atoms with Gasteiger partial charge in [-0.25, -0.2) is 0 Å². The van der Waals surface area contributed by atoms with Gasteiger partial charge in [0, 0.05) is 12.4 Å². The van der Waals surface area contributed by atoms with Crippen LogP contribution < -0.4 is 5.73 Å². The lowest BCUT2D eigenvalue weighted by Gasteiger charge is -2.06. The summed E-state index contributed by atoms with van der Waals surface area (Å²) in [7, 11) is 0. The first kappa shape index (κ1) is 9.95. The number of carboxylic acid groups (broad SMARTS) is 1. The molecule has 1 aromatic heterocycles. The molecule has 0 bridgehead atoms. The Morgan fingerprint density at radius 3 is 3.00 bits per heavy atom. The van der Waals surface area contributed by atoms with Crippen LogP contribution in [0.2, 0.25) is 5.02 Å². The highest BCUT2D eigenvalue weighted by Crippen LogP contribution is 2.14. The van der Waals surface area contributed by atoms with Crippen LogP contribution in [0.25, 0.3) is 0 Å². The molecule has 1 atom stereocenters. The standard InChI is InChI=1S/C8H9ClN2O2/c9-6-4-11-2-1-5(6)3-7(10)8(12)13/h1-2,4,7H,3,10H2,(H,12,13)/t7-/m1/s1. The Kier molecular flexibility index (Phi) is 3.22. The third-order valence-corrected chi connectivity index (χ3v) is 1.95. The summed E-state index contributed by atoms with van der Waals surface area (Å²) < 4.78 is 0. The SMILES string of the molecule is N[C@H](Cc1ccncc1Cl)C(=O)O. The van der Waals surface area contributed by atoms with Crippen molar-refractivity contribution in [3.8, 4) is 0 Å². The van der Waals surface area contributed by atoms with Gasteiger partial charge in [-0.2, -0.15) is 0 Å². The number of hydrogen-bond donors (Lipinski definition) is 2. The number of nitrogens with zero attached hydrogens (tertiary/aromatic N) is 1. The summed E-state index contributed by atoms with van der Waals surface area (Å²) >= 11 is 5.76. The molecule has 0 saturated heterocycles. The molecule has 0 radical (unpaired) electrons. The Balaban J connectivity index is 2.74. The van der Waals surface area contributed by atoms with Crippen molar-refractivity contribution in [2.45, 2.75) is 12.5 Å². The zero-order valence-corrected chi connectivity index (χ0v) is 7.53. The van der Waals surface area contributed by atoms with Crippen LogP contribution in [0.5, 0.6) is 0 Å². The van der Waals surface area contributed by atoms with Crippen LogP contribution in [-0.2, 0) is 11.2 Å². The molecule has 0 aliphatic heterocycles. The van der Waals surface area contributed by atoms with Crippen molar-refractivity contribution >= 4 is 17.6 Å². The minimum Gasteiger partial charge on any atom is -0.480 e. The first-order valence-electron chi connectivity index (χ1n) is 3.68. The first-order valence-corrected chi connectivity index (χ1v) is 4.06. The second-order valence-electron chi connectivity index (χ2n) is 2.62. The second kappa shape index (κ2) is 4.20. The van der Waals surface area contributed by atoms with Crippen molar-refractivity contribution in [3.63, 3.8) is 0 Å². The van der Waals surface area contributed by atoms with Crippen LogP contribution in [0.1, 0.15) is 5.56 Å². The van der Waals surface area contributed by atoms with E-state index in [9.17, 15) is 4.79 Å². The average Bonchev–Trinajstić information content (AvgIpc) is 2.08. The van der Waals surface area contributed by atoms with Crippen LogP contribution in [0, 0.1) is 0 Å². The summed E-state index contributed by atoms with van der Waals surface area (Å²) in [5.41, 5.74) is 6.04. The average molecular weight is 201 g/mol. The summed E-state index contributed by atoms with van der Waals surface area (Å²) in [4.78, 5) is 14.2. The molecule has 0 fully saturated rings. The van der Waals surface area contributed by atoms with Crippen molar-refractivity contribution < 1.29 is 9.90 Å². The van der Waals surface area contributed by atoms with Crippen molar-refractivity contribution in [1.29, 1.82) is 0 Å². The van der Waals surface area contributed by atoms with Gasteiger partial charge in [0.25, 0.3) is 0 Å². The number of rotatable bonds is 3. The fourth-order valence-electron chi connectivity index (χ4n) is 0.894. The molecule has 13 heavy (non-hydrogen) atoms. The van der Waals surface area contributed by atoms with Crippen molar-refractivity contribution in [3.05, 3.63) is 29.0 Å². The van der Waals surface area contributed by atoms with E-state index in [0.29, 0.717) is 10.6 Å². The van der Waals surface area contributed by atoms with Crippen molar-refractivity contribution in [1.82, 2.24) is 4.98 Å². The molecule has 1 heterocycles. The number of hydrogen-bond acceptors (Lipinski definition) is 3. The van der Waals surface area contributed by atoms with Crippen LogP contribution >= 0.6 is 11.6 Å². The smallest absolute Gasteiger partial charge is 0.320 e. The monoisotopic (exact) mass is 200 g/mol. The highest BCUT2D eigenvalue weighted by molar-refractivity contribution is 6.31. The van der Waals surface area contributed by atoms with E-state index in [2.05, 4.69) is 4.98 Å². The molecular weight excluding hydrogens is 192 g/mol. The molecule has 1 aromatic rings. The van der Waals surface area contributed by atoms with E-state index in [1.54, 1.807) is 12.3 Å². The Morgan fingerprint density at radius 1 is 1.77 bits per heavy atom. The Bertz CT molecular complexity index is 317. The van der Waals surface area contributed by atoms with E-state index >= 15 is 0 Å². The van der Waals surface area contributed by atoms with Crippen LogP contribution in [0.4, 0.5) is 0 Å². The summed E-state index contributed by atoms with van der Waals surface area (Å²) in [6, 6.07) is 0.741. The van der Waals surface area contributed by atoms with Crippen LogP contribution in [-0.4, -0.2) is 22.1 Å². The molecule has 0 saturated carbocycles. The molecule has 5 heteroatoms. The van der Waals surface area contributed by atoms with Gasteiger partial charge in [-0.3, -0.25) is 9.78 Å². The van der Waals surface area contributed by atoms with Gasteiger partial charge < -0.3 is 10.8 Å². The van der Waals surface area contributed by atoms with Gasteiger partial charge in [0.05, 0.1) is 5.02 Å². The summed E-state index contributed by atoms with van der Waals surface area (Å²) in [6.07, 6.45) is 3.23. The highest BCUT2D eigenvalue weighted by atomic mass is 35.5. The number of carboxylic acids is 1. The number of aliphatic carboxylic acids is 1. The highest BCUT2D eigenvalue weighted by Gasteiger charge is 2.13. The first-order chi connectivity index (χ1) is 6.11. The normalized spacial score (nSPS) is 12.5. The molecule has 1 rings (SSSR count). The molecular formula is C8H9ClN2O2. The van der Waals surface area contributed by atoms with Gasteiger partial charge in [0.15, 0.2) is 0 Å². The molecule has 0 aliphatic rings. The van der Waals surface area contributed by atoms with Crippen molar-refractivity contribution in [2.75, 3.05) is 0 Å². The predicted molar refractivity (Wildman–Crippen MR) is 48.6 cm³/mol. The fraction of sp³-hybridized carbons (Fsp3) is 0.250. The van der Waals surface area contributed by atoms with Gasteiger partial charge in [-0.1, -0.05) is 11.6 Å². The van der Waals surface area contributed by atoms with Gasteiger partial charge >= 0.3 is 5.97 Å². The topological polar surface area (TPSA) is 76.2 Å². The lowest BCUT2D eigenvalue weighted by atomic mass is 10.1. The third-order valence-electron chi connectivity index (χ3n) is 1.61. The minimum atomic E-state index is -1.03. The summed E-state index contributed by atoms with van der Waals surface area (Å²) in [6.45, 7) is 0. The zero-order valence-electron chi connectivity index (χ0n) is 6.77. The van der Waals surface area contributed by atoms with Gasteiger partial charge in [0.2, 0.25) is 0 Å². The molecule has 0 spiro atoms. The number of carbonyl (C=O) groups is 1. The number of nitrogens with two attached hydrogens (primary N) is 1. The molecule has 0 unspecified atom stereocenters. The summed E-state index contributed by atoms with van der Waals surface area (Å²) in [5, 5.41) is 8.99.